The molecule has 0 radical (unpaired) electrons. The third-order valence-electron chi connectivity index (χ3n) is 4.67. The van der Waals surface area contributed by atoms with Crippen molar-refractivity contribution < 1.29 is 9.59 Å². The lowest BCUT2D eigenvalue weighted by atomic mass is 9.77. The monoisotopic (exact) mass is 248 g/mol. The minimum atomic E-state index is 0.623. The van der Waals surface area contributed by atoms with Gasteiger partial charge in [0, 0.05) is 0 Å². The van der Waals surface area contributed by atoms with Gasteiger partial charge in [0.25, 0.3) is 0 Å². The zero-order chi connectivity index (χ0) is 12.8. The first-order valence-electron chi connectivity index (χ1n) is 6.92. The molecule has 2 rings (SSSR count). The Kier molecular flexibility index (Phi) is 4.86. The summed E-state index contributed by atoms with van der Waals surface area (Å²) in [7, 11) is 0. The molecule has 4 nitrogen and oxygen atoms in total. The second-order valence-electron chi connectivity index (χ2n) is 5.63. The fourth-order valence-electron chi connectivity index (χ4n) is 4.07. The first kappa shape index (κ1) is 13.2. The fraction of sp³-hybridized carbons (Fsp3) is 0.857. The van der Waals surface area contributed by atoms with Gasteiger partial charge in [0.15, 0.2) is 0 Å². The Hall–Kier alpha value is -1.24. The molecule has 2 bridgehead atoms. The smallest absolute Gasteiger partial charge is 0.211 e. The van der Waals surface area contributed by atoms with Crippen LogP contribution in [-0.2, 0) is 9.59 Å². The Labute approximate surface area is 108 Å². The zero-order valence-electron chi connectivity index (χ0n) is 10.7. The van der Waals surface area contributed by atoms with Gasteiger partial charge in [-0.05, 0) is 62.2 Å². The molecule has 4 heteroatoms. The predicted molar refractivity (Wildman–Crippen MR) is 67.6 cm³/mol. The number of aliphatic imine (C=N–C) groups is 2. The van der Waals surface area contributed by atoms with Crippen molar-refractivity contribution in [3.63, 3.8) is 0 Å². The third-order valence-corrected chi connectivity index (χ3v) is 4.67. The summed E-state index contributed by atoms with van der Waals surface area (Å²) in [5.74, 6) is 3.26. The predicted octanol–water partition coefficient (Wildman–Crippen LogP) is 2.49. The van der Waals surface area contributed by atoms with Crippen LogP contribution in [0.1, 0.15) is 38.5 Å². The van der Waals surface area contributed by atoms with E-state index in [2.05, 4.69) is 9.98 Å². The van der Waals surface area contributed by atoms with E-state index < -0.39 is 0 Å². The summed E-state index contributed by atoms with van der Waals surface area (Å²) in [5.41, 5.74) is 0. The maximum absolute atomic E-state index is 10.1. The van der Waals surface area contributed by atoms with Gasteiger partial charge in [0.05, 0.1) is 13.1 Å². The van der Waals surface area contributed by atoms with Crippen molar-refractivity contribution in [1.82, 2.24) is 0 Å². The summed E-state index contributed by atoms with van der Waals surface area (Å²) in [6, 6.07) is 0. The third kappa shape index (κ3) is 3.16. The molecule has 0 aromatic heterocycles. The molecule has 4 unspecified atom stereocenters. The molecule has 0 aromatic rings. The van der Waals surface area contributed by atoms with E-state index in [4.69, 9.17) is 0 Å². The summed E-state index contributed by atoms with van der Waals surface area (Å²) in [6.07, 6.45) is 10.5. The number of rotatable bonds is 7. The topological polar surface area (TPSA) is 58.9 Å². The molecule has 2 saturated carbocycles. The highest BCUT2D eigenvalue weighted by atomic mass is 16.1. The number of fused-ring (bicyclic) bond motifs is 2. The van der Waals surface area contributed by atoms with Gasteiger partial charge in [-0.2, -0.15) is 0 Å². The Bertz CT molecular complexity index is 368. The maximum Gasteiger partial charge on any atom is 0.234 e. The van der Waals surface area contributed by atoms with Gasteiger partial charge < -0.3 is 0 Å². The van der Waals surface area contributed by atoms with Crippen molar-refractivity contribution in [2.45, 2.75) is 38.5 Å². The van der Waals surface area contributed by atoms with Gasteiger partial charge in [-0.1, -0.05) is 0 Å². The highest BCUT2D eigenvalue weighted by Gasteiger charge is 2.44. The van der Waals surface area contributed by atoms with Crippen LogP contribution in [0.25, 0.3) is 0 Å². The molecule has 98 valence electrons. The molecule has 0 aliphatic heterocycles. The van der Waals surface area contributed by atoms with Crippen LogP contribution >= 0.6 is 0 Å². The zero-order valence-corrected chi connectivity index (χ0v) is 10.7. The summed E-state index contributed by atoms with van der Waals surface area (Å²) in [4.78, 5) is 27.3. The lowest BCUT2D eigenvalue weighted by Gasteiger charge is -2.29. The Morgan fingerprint density at radius 3 is 2.22 bits per heavy atom. The van der Waals surface area contributed by atoms with E-state index in [1.165, 1.54) is 25.7 Å². The van der Waals surface area contributed by atoms with Crippen LogP contribution in [0.4, 0.5) is 0 Å². The molecule has 2 aliphatic carbocycles. The largest absolute Gasteiger partial charge is 0.234 e. The van der Waals surface area contributed by atoms with Gasteiger partial charge in [-0.25, -0.2) is 19.6 Å². The van der Waals surface area contributed by atoms with Crippen LogP contribution in [0, 0.1) is 23.7 Å². The number of isocyanates is 2. The van der Waals surface area contributed by atoms with E-state index in [9.17, 15) is 9.59 Å². The van der Waals surface area contributed by atoms with Gasteiger partial charge in [-0.15, -0.1) is 0 Å². The standard InChI is InChI=1S/C14H20N2O2/c17-9-15-4-1-2-12-6-11-7-13(14(12)8-11)3-5-16-10-18/h11-14H,1-8H2. The molecular formula is C14H20N2O2. The van der Waals surface area contributed by atoms with Crippen molar-refractivity contribution in [3.05, 3.63) is 0 Å². The molecule has 0 N–H and O–H groups in total. The Morgan fingerprint density at radius 1 is 0.889 bits per heavy atom. The quantitative estimate of drug-likeness (QED) is 0.395. The lowest BCUT2D eigenvalue weighted by molar-refractivity contribution is 0.216. The Morgan fingerprint density at radius 2 is 1.56 bits per heavy atom. The van der Waals surface area contributed by atoms with Crippen LogP contribution in [0.15, 0.2) is 9.98 Å². The Balaban J connectivity index is 1.76. The number of hydrogen-bond donors (Lipinski definition) is 0. The highest BCUT2D eigenvalue weighted by Crippen LogP contribution is 2.54. The minimum Gasteiger partial charge on any atom is -0.211 e. The average molecular weight is 248 g/mol. The highest BCUT2D eigenvalue weighted by molar-refractivity contribution is 5.32. The van der Waals surface area contributed by atoms with E-state index in [0.717, 1.165) is 36.5 Å². The molecular weight excluding hydrogens is 228 g/mol. The summed E-state index contributed by atoms with van der Waals surface area (Å²) in [5, 5.41) is 0. The lowest BCUT2D eigenvalue weighted by Crippen LogP contribution is -2.21. The number of hydrogen-bond acceptors (Lipinski definition) is 4. The fourth-order valence-corrected chi connectivity index (χ4v) is 4.07. The molecule has 0 spiro atoms. The van der Waals surface area contributed by atoms with Crippen LogP contribution in [0.5, 0.6) is 0 Å². The number of carbonyl (C=O) groups excluding carboxylic acids is 2. The van der Waals surface area contributed by atoms with Gasteiger partial charge in [0.2, 0.25) is 12.2 Å². The molecule has 0 saturated heterocycles. The normalized spacial score (nSPS) is 32.9. The van der Waals surface area contributed by atoms with Gasteiger partial charge in [0.1, 0.15) is 0 Å². The summed E-state index contributed by atoms with van der Waals surface area (Å²) >= 11 is 0. The summed E-state index contributed by atoms with van der Waals surface area (Å²) < 4.78 is 0. The molecule has 0 heterocycles. The number of nitrogens with zero attached hydrogens (tertiary/aromatic N) is 2. The van der Waals surface area contributed by atoms with E-state index in [1.807, 2.05) is 0 Å². The van der Waals surface area contributed by atoms with E-state index in [-0.39, 0.29) is 0 Å². The van der Waals surface area contributed by atoms with Crippen molar-refractivity contribution in [2.75, 3.05) is 13.1 Å². The van der Waals surface area contributed by atoms with Crippen molar-refractivity contribution in [2.24, 2.45) is 33.7 Å². The molecule has 18 heavy (non-hydrogen) atoms. The van der Waals surface area contributed by atoms with Crippen molar-refractivity contribution in [3.8, 4) is 0 Å². The van der Waals surface area contributed by atoms with Crippen molar-refractivity contribution in [1.29, 1.82) is 0 Å². The van der Waals surface area contributed by atoms with Gasteiger partial charge in [-0.3, -0.25) is 0 Å². The molecule has 0 aromatic carbocycles. The van der Waals surface area contributed by atoms with E-state index >= 15 is 0 Å². The van der Waals surface area contributed by atoms with Crippen LogP contribution in [0.2, 0.25) is 0 Å². The van der Waals surface area contributed by atoms with E-state index in [0.29, 0.717) is 13.1 Å². The average Bonchev–Trinajstić information content (AvgIpc) is 2.94. The van der Waals surface area contributed by atoms with Gasteiger partial charge >= 0.3 is 0 Å². The molecule has 0 amide bonds. The minimum absolute atomic E-state index is 0.623. The van der Waals surface area contributed by atoms with Crippen LogP contribution in [-0.4, -0.2) is 25.2 Å². The second-order valence-corrected chi connectivity index (χ2v) is 5.63. The van der Waals surface area contributed by atoms with Crippen LogP contribution < -0.4 is 0 Å². The summed E-state index contributed by atoms with van der Waals surface area (Å²) in [6.45, 7) is 1.26. The van der Waals surface area contributed by atoms with Crippen molar-refractivity contribution >= 4 is 12.2 Å². The first-order chi connectivity index (χ1) is 8.85. The van der Waals surface area contributed by atoms with E-state index in [1.54, 1.807) is 12.2 Å². The van der Waals surface area contributed by atoms with Crippen LogP contribution in [0.3, 0.4) is 0 Å². The maximum atomic E-state index is 10.1. The SMILES string of the molecule is O=C=NCCCC1CC2CC(CCN=C=O)C1C2. The molecule has 4 atom stereocenters. The first-order valence-corrected chi connectivity index (χ1v) is 6.92. The molecule has 2 fully saturated rings. The second kappa shape index (κ2) is 6.63. The molecule has 2 aliphatic rings.